The van der Waals surface area contributed by atoms with Gasteiger partial charge in [0.1, 0.15) is 5.82 Å². The second-order valence-electron chi connectivity index (χ2n) is 5.23. The minimum atomic E-state index is -0.354. The molecule has 1 aromatic carbocycles. The predicted molar refractivity (Wildman–Crippen MR) is 73.1 cm³/mol. The minimum absolute atomic E-state index is 0.224. The average molecular weight is 296 g/mol. The summed E-state index contributed by atoms with van der Waals surface area (Å²) in [6.45, 7) is 0. The highest BCUT2D eigenvalue weighted by atomic mass is 35.5. The van der Waals surface area contributed by atoms with Gasteiger partial charge in [-0.05, 0) is 37.0 Å². The van der Waals surface area contributed by atoms with Crippen molar-refractivity contribution < 1.29 is 8.91 Å². The molecule has 1 aliphatic carbocycles. The topological polar surface area (TPSA) is 64.9 Å². The van der Waals surface area contributed by atoms with Crippen LogP contribution in [0.5, 0.6) is 0 Å². The molecule has 2 aromatic rings. The third-order valence-electron chi connectivity index (χ3n) is 3.67. The van der Waals surface area contributed by atoms with Crippen molar-refractivity contribution in [2.24, 2.45) is 5.73 Å². The first-order valence-corrected chi connectivity index (χ1v) is 7.01. The molecule has 1 heterocycles. The molecule has 0 aliphatic heterocycles. The van der Waals surface area contributed by atoms with Crippen molar-refractivity contribution in [2.75, 3.05) is 0 Å². The number of hydrogen-bond donors (Lipinski definition) is 1. The van der Waals surface area contributed by atoms with Crippen molar-refractivity contribution in [3.63, 3.8) is 0 Å². The van der Waals surface area contributed by atoms with E-state index in [9.17, 15) is 4.39 Å². The van der Waals surface area contributed by atoms with Gasteiger partial charge in [-0.25, -0.2) is 4.39 Å². The van der Waals surface area contributed by atoms with Gasteiger partial charge in [-0.15, -0.1) is 0 Å². The van der Waals surface area contributed by atoms with Crippen LogP contribution < -0.4 is 5.73 Å². The van der Waals surface area contributed by atoms with E-state index in [0.29, 0.717) is 23.2 Å². The van der Waals surface area contributed by atoms with E-state index in [4.69, 9.17) is 21.9 Å². The van der Waals surface area contributed by atoms with Crippen molar-refractivity contribution in [3.8, 4) is 0 Å². The maximum atomic E-state index is 13.0. The van der Waals surface area contributed by atoms with Gasteiger partial charge in [-0.1, -0.05) is 22.8 Å². The SMILES string of the molecule is N[C@H]1CC[C@@H](c2nc(Cc3ccc(F)cc3Cl)no2)C1. The van der Waals surface area contributed by atoms with Crippen LogP contribution in [0.2, 0.25) is 5.02 Å². The lowest BCUT2D eigenvalue weighted by Crippen LogP contribution is -2.14. The van der Waals surface area contributed by atoms with E-state index < -0.39 is 0 Å². The van der Waals surface area contributed by atoms with Gasteiger partial charge < -0.3 is 10.3 Å². The first-order valence-electron chi connectivity index (χ1n) is 6.64. The van der Waals surface area contributed by atoms with Crippen molar-refractivity contribution in [2.45, 2.75) is 37.6 Å². The molecule has 1 fully saturated rings. The molecule has 2 N–H and O–H groups in total. The Morgan fingerprint density at radius 3 is 2.95 bits per heavy atom. The molecule has 20 heavy (non-hydrogen) atoms. The maximum Gasteiger partial charge on any atom is 0.229 e. The molecule has 6 heteroatoms. The number of benzene rings is 1. The van der Waals surface area contributed by atoms with Crippen LogP contribution in [-0.4, -0.2) is 16.2 Å². The fourth-order valence-corrected chi connectivity index (χ4v) is 2.82. The molecular formula is C14H15ClFN3O. The van der Waals surface area contributed by atoms with Gasteiger partial charge in [-0.3, -0.25) is 0 Å². The zero-order valence-corrected chi connectivity index (χ0v) is 11.6. The Labute approximate surface area is 121 Å². The standard InChI is InChI=1S/C14H15ClFN3O/c15-12-7-10(16)3-1-8(12)6-13-18-14(20-19-13)9-2-4-11(17)5-9/h1,3,7,9,11H,2,4-6,17H2/t9-,11+/m1/s1. The number of nitrogens with two attached hydrogens (primary N) is 1. The van der Waals surface area contributed by atoms with Gasteiger partial charge in [-0.2, -0.15) is 4.98 Å². The van der Waals surface area contributed by atoms with Gasteiger partial charge in [0.25, 0.3) is 0 Å². The second-order valence-corrected chi connectivity index (χ2v) is 5.64. The summed E-state index contributed by atoms with van der Waals surface area (Å²) in [6.07, 6.45) is 3.30. The predicted octanol–water partition coefficient (Wildman–Crippen LogP) is 3.05. The zero-order chi connectivity index (χ0) is 14.1. The number of nitrogens with zero attached hydrogens (tertiary/aromatic N) is 2. The van der Waals surface area contributed by atoms with E-state index >= 15 is 0 Å². The summed E-state index contributed by atoms with van der Waals surface area (Å²) in [5, 5.41) is 4.34. The molecule has 0 amide bonds. The highest BCUT2D eigenvalue weighted by Gasteiger charge is 2.27. The summed E-state index contributed by atoms with van der Waals surface area (Å²) in [5.41, 5.74) is 6.67. The summed E-state index contributed by atoms with van der Waals surface area (Å²) in [4.78, 5) is 4.40. The molecule has 0 saturated heterocycles. The van der Waals surface area contributed by atoms with Crippen molar-refractivity contribution in [3.05, 3.63) is 46.3 Å². The second kappa shape index (κ2) is 5.50. The first-order chi connectivity index (χ1) is 9.61. The Bertz CT molecular complexity index is 616. The van der Waals surface area contributed by atoms with E-state index in [-0.39, 0.29) is 17.8 Å². The van der Waals surface area contributed by atoms with Crippen molar-refractivity contribution in [1.29, 1.82) is 0 Å². The van der Waals surface area contributed by atoms with E-state index in [0.717, 1.165) is 24.8 Å². The van der Waals surface area contributed by atoms with Gasteiger partial charge in [0.2, 0.25) is 5.89 Å². The van der Waals surface area contributed by atoms with E-state index in [1.807, 2.05) is 0 Å². The summed E-state index contributed by atoms with van der Waals surface area (Å²) in [5.74, 6) is 1.11. The largest absolute Gasteiger partial charge is 0.339 e. The van der Waals surface area contributed by atoms with Crippen LogP contribution in [0.15, 0.2) is 22.7 Å². The fraction of sp³-hybridized carbons (Fsp3) is 0.429. The van der Waals surface area contributed by atoms with Crippen LogP contribution >= 0.6 is 11.6 Å². The third-order valence-corrected chi connectivity index (χ3v) is 4.02. The molecular weight excluding hydrogens is 281 g/mol. The Kier molecular flexibility index (Phi) is 3.72. The smallest absolute Gasteiger partial charge is 0.229 e. The molecule has 0 radical (unpaired) electrons. The molecule has 0 bridgehead atoms. The summed E-state index contributed by atoms with van der Waals surface area (Å²) in [7, 11) is 0. The van der Waals surface area contributed by atoms with Gasteiger partial charge in [0, 0.05) is 23.4 Å². The van der Waals surface area contributed by atoms with E-state index in [2.05, 4.69) is 10.1 Å². The van der Waals surface area contributed by atoms with Crippen LogP contribution in [-0.2, 0) is 6.42 Å². The summed E-state index contributed by atoms with van der Waals surface area (Å²) < 4.78 is 18.3. The number of aromatic nitrogens is 2. The average Bonchev–Trinajstić information content (AvgIpc) is 3.02. The third kappa shape index (κ3) is 2.83. The summed E-state index contributed by atoms with van der Waals surface area (Å²) >= 11 is 5.99. The van der Waals surface area contributed by atoms with E-state index in [1.165, 1.54) is 12.1 Å². The molecule has 4 nitrogen and oxygen atoms in total. The summed E-state index contributed by atoms with van der Waals surface area (Å²) in [6, 6.07) is 4.52. The molecule has 106 valence electrons. The fourth-order valence-electron chi connectivity index (χ4n) is 2.58. The van der Waals surface area contributed by atoms with Crippen LogP contribution in [0, 0.1) is 5.82 Å². The van der Waals surface area contributed by atoms with Gasteiger partial charge >= 0.3 is 0 Å². The lowest BCUT2D eigenvalue weighted by molar-refractivity contribution is 0.350. The molecule has 2 atom stereocenters. The zero-order valence-electron chi connectivity index (χ0n) is 10.9. The van der Waals surface area contributed by atoms with E-state index in [1.54, 1.807) is 6.07 Å². The molecule has 3 rings (SSSR count). The molecule has 1 aromatic heterocycles. The number of rotatable bonds is 3. The van der Waals surface area contributed by atoms with Crippen LogP contribution in [0.4, 0.5) is 4.39 Å². The normalized spacial score (nSPS) is 22.4. The molecule has 1 saturated carbocycles. The monoisotopic (exact) mass is 295 g/mol. The Balaban J connectivity index is 1.74. The Hall–Kier alpha value is -1.46. The highest BCUT2D eigenvalue weighted by molar-refractivity contribution is 6.31. The Morgan fingerprint density at radius 1 is 1.40 bits per heavy atom. The minimum Gasteiger partial charge on any atom is -0.339 e. The van der Waals surface area contributed by atoms with Crippen LogP contribution in [0.3, 0.4) is 0 Å². The lowest BCUT2D eigenvalue weighted by atomic mass is 10.1. The first kappa shape index (κ1) is 13.5. The quantitative estimate of drug-likeness (QED) is 0.945. The Morgan fingerprint density at radius 2 is 2.25 bits per heavy atom. The van der Waals surface area contributed by atoms with Crippen molar-refractivity contribution in [1.82, 2.24) is 10.1 Å². The lowest BCUT2D eigenvalue weighted by Gasteiger charge is -2.02. The maximum absolute atomic E-state index is 13.0. The van der Waals surface area contributed by atoms with Gasteiger partial charge in [0.05, 0.1) is 0 Å². The molecule has 1 aliphatic rings. The molecule has 0 unspecified atom stereocenters. The number of halogens is 2. The highest BCUT2D eigenvalue weighted by Crippen LogP contribution is 2.32. The number of hydrogen-bond acceptors (Lipinski definition) is 4. The van der Waals surface area contributed by atoms with Crippen LogP contribution in [0.25, 0.3) is 0 Å². The van der Waals surface area contributed by atoms with Crippen LogP contribution in [0.1, 0.15) is 42.5 Å². The molecule has 0 spiro atoms. The van der Waals surface area contributed by atoms with Crippen molar-refractivity contribution >= 4 is 11.6 Å². The van der Waals surface area contributed by atoms with Gasteiger partial charge in [0.15, 0.2) is 5.82 Å².